The lowest BCUT2D eigenvalue weighted by Gasteiger charge is -2.45. The predicted octanol–water partition coefficient (Wildman–Crippen LogP) is 1.19. The molecule has 4 heteroatoms. The van der Waals surface area contributed by atoms with Gasteiger partial charge in [-0.3, -0.25) is 4.57 Å². The molecule has 1 aliphatic rings. The van der Waals surface area contributed by atoms with E-state index in [0.29, 0.717) is 0 Å². The minimum atomic E-state index is 0.0248. The highest BCUT2D eigenvalue weighted by molar-refractivity contribution is 5.77. The van der Waals surface area contributed by atoms with Crippen LogP contribution in [0.5, 0.6) is 0 Å². The van der Waals surface area contributed by atoms with Crippen LogP contribution in [0, 0.1) is 5.41 Å². The Kier molecular flexibility index (Phi) is 1.65. The van der Waals surface area contributed by atoms with E-state index in [4.69, 9.17) is 0 Å². The van der Waals surface area contributed by atoms with Crippen molar-refractivity contribution in [2.24, 2.45) is 5.41 Å². The van der Waals surface area contributed by atoms with Crippen LogP contribution >= 0.6 is 0 Å². The zero-order valence-electron chi connectivity index (χ0n) is 7.90. The quantitative estimate of drug-likeness (QED) is 0.600. The molecule has 70 valence electrons. The monoisotopic (exact) mass is 179 g/mol. The summed E-state index contributed by atoms with van der Waals surface area (Å²) in [6.45, 7) is 5.99. The van der Waals surface area contributed by atoms with Crippen molar-refractivity contribution in [3.63, 3.8) is 0 Å². The number of carbonyl (C=O) groups excluding carboxylic acids is 1. The molecule has 0 unspecified atom stereocenters. The van der Waals surface area contributed by atoms with Gasteiger partial charge in [-0.1, -0.05) is 13.8 Å². The Morgan fingerprint density at radius 3 is 2.62 bits per heavy atom. The van der Waals surface area contributed by atoms with Crippen molar-refractivity contribution in [1.29, 1.82) is 0 Å². The van der Waals surface area contributed by atoms with E-state index in [2.05, 4.69) is 18.8 Å². The van der Waals surface area contributed by atoms with Crippen LogP contribution in [0.2, 0.25) is 0 Å². The van der Waals surface area contributed by atoms with E-state index in [1.165, 1.54) is 10.9 Å². The summed E-state index contributed by atoms with van der Waals surface area (Å²) in [5.41, 5.74) is 0.288. The highest BCUT2D eigenvalue weighted by Crippen LogP contribution is 2.28. The number of carbonyl (C=O) groups is 1. The number of likely N-dealkylation sites (tertiary alicyclic amines) is 1. The summed E-state index contributed by atoms with van der Waals surface area (Å²) < 4.78 is 1.51. The summed E-state index contributed by atoms with van der Waals surface area (Å²) in [7, 11) is 0. The van der Waals surface area contributed by atoms with E-state index in [0.717, 1.165) is 13.1 Å². The molecule has 1 fully saturated rings. The second-order valence-electron chi connectivity index (χ2n) is 4.27. The molecule has 1 aromatic rings. The average Bonchev–Trinajstić information content (AvgIpc) is 2.50. The van der Waals surface area contributed by atoms with Crippen molar-refractivity contribution in [2.45, 2.75) is 13.8 Å². The van der Waals surface area contributed by atoms with Gasteiger partial charge in [0.25, 0.3) is 0 Å². The van der Waals surface area contributed by atoms with E-state index in [1.807, 2.05) is 4.90 Å². The molecule has 0 aliphatic carbocycles. The number of aromatic nitrogens is 2. The van der Waals surface area contributed by atoms with Gasteiger partial charge in [-0.15, -0.1) is 0 Å². The van der Waals surface area contributed by atoms with E-state index < -0.39 is 0 Å². The molecular weight excluding hydrogens is 166 g/mol. The first-order valence-electron chi connectivity index (χ1n) is 4.36. The first kappa shape index (κ1) is 8.29. The molecule has 1 aromatic heterocycles. The maximum absolute atomic E-state index is 11.6. The molecule has 1 amide bonds. The molecule has 13 heavy (non-hydrogen) atoms. The van der Waals surface area contributed by atoms with Crippen LogP contribution in [0.1, 0.15) is 13.8 Å². The predicted molar refractivity (Wildman–Crippen MR) is 48.4 cm³/mol. The molecular formula is C9H13N3O. The molecule has 1 aliphatic heterocycles. The fraction of sp³-hybridized carbons (Fsp3) is 0.556. The molecule has 4 nitrogen and oxygen atoms in total. The van der Waals surface area contributed by atoms with Crippen LogP contribution in [-0.4, -0.2) is 33.6 Å². The summed E-state index contributed by atoms with van der Waals surface area (Å²) in [5.74, 6) is 0. The molecule has 0 saturated carbocycles. The second kappa shape index (κ2) is 2.58. The fourth-order valence-corrected chi connectivity index (χ4v) is 1.66. The fourth-order valence-electron chi connectivity index (χ4n) is 1.66. The van der Waals surface area contributed by atoms with Crippen molar-refractivity contribution < 1.29 is 4.79 Å². The van der Waals surface area contributed by atoms with E-state index in [9.17, 15) is 4.79 Å². The Morgan fingerprint density at radius 2 is 2.15 bits per heavy atom. The summed E-state index contributed by atoms with van der Waals surface area (Å²) in [6.07, 6.45) is 4.82. The number of amides is 1. The maximum Gasteiger partial charge on any atom is 0.329 e. The summed E-state index contributed by atoms with van der Waals surface area (Å²) in [4.78, 5) is 17.3. The van der Waals surface area contributed by atoms with Gasteiger partial charge in [-0.2, -0.15) is 0 Å². The van der Waals surface area contributed by atoms with Crippen LogP contribution < -0.4 is 0 Å². The zero-order chi connectivity index (χ0) is 9.47. The summed E-state index contributed by atoms with van der Waals surface area (Å²) >= 11 is 0. The van der Waals surface area contributed by atoms with Gasteiger partial charge >= 0.3 is 6.03 Å². The Bertz CT molecular complexity index is 308. The highest BCUT2D eigenvalue weighted by Gasteiger charge is 2.37. The third-order valence-corrected chi connectivity index (χ3v) is 2.23. The first-order valence-corrected chi connectivity index (χ1v) is 4.36. The van der Waals surface area contributed by atoms with Gasteiger partial charge in [0.1, 0.15) is 6.33 Å². The van der Waals surface area contributed by atoms with Crippen LogP contribution in [0.15, 0.2) is 18.7 Å². The molecule has 0 aromatic carbocycles. The van der Waals surface area contributed by atoms with Gasteiger partial charge in [0.2, 0.25) is 0 Å². The van der Waals surface area contributed by atoms with E-state index in [1.54, 1.807) is 12.4 Å². The Hall–Kier alpha value is -1.32. The minimum Gasteiger partial charge on any atom is -0.323 e. The summed E-state index contributed by atoms with van der Waals surface area (Å²) in [6, 6.07) is 0.0248. The molecule has 0 bridgehead atoms. The number of hydrogen-bond donors (Lipinski definition) is 0. The number of imidazole rings is 1. The van der Waals surface area contributed by atoms with E-state index in [-0.39, 0.29) is 11.4 Å². The minimum absolute atomic E-state index is 0.0248. The van der Waals surface area contributed by atoms with E-state index >= 15 is 0 Å². The van der Waals surface area contributed by atoms with Crippen LogP contribution in [0.3, 0.4) is 0 Å². The smallest absolute Gasteiger partial charge is 0.323 e. The van der Waals surface area contributed by atoms with Gasteiger partial charge in [0.15, 0.2) is 0 Å². The molecule has 2 rings (SSSR count). The molecule has 0 radical (unpaired) electrons. The second-order valence-corrected chi connectivity index (χ2v) is 4.27. The van der Waals surface area contributed by atoms with Gasteiger partial charge in [-0.05, 0) is 0 Å². The first-order chi connectivity index (χ1) is 6.08. The molecule has 1 saturated heterocycles. The van der Waals surface area contributed by atoms with Crippen LogP contribution in [0.25, 0.3) is 0 Å². The maximum atomic E-state index is 11.6. The van der Waals surface area contributed by atoms with Crippen molar-refractivity contribution in [3.05, 3.63) is 18.7 Å². The lowest BCUT2D eigenvalue weighted by molar-refractivity contribution is 0.0624. The van der Waals surface area contributed by atoms with Crippen molar-refractivity contribution in [3.8, 4) is 0 Å². The molecule has 0 N–H and O–H groups in total. The lowest BCUT2D eigenvalue weighted by atomic mass is 9.85. The molecule has 0 spiro atoms. The number of hydrogen-bond acceptors (Lipinski definition) is 2. The normalized spacial score (nSPS) is 19.7. The Morgan fingerprint density at radius 1 is 1.46 bits per heavy atom. The van der Waals surface area contributed by atoms with Crippen molar-refractivity contribution >= 4 is 6.03 Å². The lowest BCUT2D eigenvalue weighted by Crippen LogP contribution is -2.56. The summed E-state index contributed by atoms with van der Waals surface area (Å²) in [5, 5.41) is 0. The highest BCUT2D eigenvalue weighted by atomic mass is 16.2. The van der Waals surface area contributed by atoms with Crippen LogP contribution in [0.4, 0.5) is 4.79 Å². The van der Waals surface area contributed by atoms with Gasteiger partial charge in [-0.25, -0.2) is 9.78 Å². The van der Waals surface area contributed by atoms with Gasteiger partial charge in [0, 0.05) is 30.9 Å². The number of rotatable bonds is 0. The van der Waals surface area contributed by atoms with Gasteiger partial charge in [0.05, 0.1) is 0 Å². The van der Waals surface area contributed by atoms with Crippen LogP contribution in [-0.2, 0) is 0 Å². The zero-order valence-corrected chi connectivity index (χ0v) is 7.90. The van der Waals surface area contributed by atoms with Gasteiger partial charge < -0.3 is 4.90 Å². The Balaban J connectivity index is 2.02. The van der Waals surface area contributed by atoms with Crippen molar-refractivity contribution in [1.82, 2.24) is 14.5 Å². The largest absolute Gasteiger partial charge is 0.329 e. The topological polar surface area (TPSA) is 38.1 Å². The third-order valence-electron chi connectivity index (χ3n) is 2.23. The molecule has 0 atom stereocenters. The number of nitrogens with zero attached hydrogens (tertiary/aromatic N) is 3. The Labute approximate surface area is 77.2 Å². The average molecular weight is 179 g/mol. The SMILES string of the molecule is CC1(C)CN(C(=O)n2ccnc2)C1. The molecule has 2 heterocycles. The third kappa shape index (κ3) is 1.43. The standard InChI is InChI=1S/C9H13N3O/c1-9(2)5-12(6-9)8(13)11-4-3-10-7-11/h3-4,7H,5-6H2,1-2H3. The van der Waals surface area contributed by atoms with Crippen molar-refractivity contribution in [2.75, 3.05) is 13.1 Å².